The highest BCUT2D eigenvalue weighted by atomic mass is 32.2. The second-order valence-electron chi connectivity index (χ2n) is 3.10. The fourth-order valence-corrected chi connectivity index (χ4v) is 1.86. The smallest absolute Gasteiger partial charge is 0.267 e. The predicted molar refractivity (Wildman–Crippen MR) is 63.3 cm³/mol. The zero-order valence-electron chi connectivity index (χ0n) is 8.70. The molecule has 0 aliphatic heterocycles. The van der Waals surface area contributed by atoms with E-state index in [1.807, 2.05) is 0 Å². The molecule has 0 spiro atoms. The van der Waals surface area contributed by atoms with Gasteiger partial charge in [0.15, 0.2) is 0 Å². The maximum atomic E-state index is 11.0. The quantitative estimate of drug-likeness (QED) is 0.826. The number of nitrogens with two attached hydrogens (primary N) is 2. The van der Waals surface area contributed by atoms with E-state index in [1.54, 1.807) is 24.7 Å². The Balaban J connectivity index is 2.32. The van der Waals surface area contributed by atoms with Crippen LogP contribution in [0.2, 0.25) is 0 Å². The Kier molecular flexibility index (Phi) is 3.20. The summed E-state index contributed by atoms with van der Waals surface area (Å²) in [6, 6.07) is 3.07. The summed E-state index contributed by atoms with van der Waals surface area (Å²) < 4.78 is 0. The number of hydrogen-bond donors (Lipinski definition) is 2. The van der Waals surface area contributed by atoms with Gasteiger partial charge in [-0.15, -0.1) is 0 Å². The lowest BCUT2D eigenvalue weighted by molar-refractivity contribution is 0.0995. The maximum absolute atomic E-state index is 11.0. The van der Waals surface area contributed by atoms with Crippen LogP contribution in [-0.4, -0.2) is 20.9 Å². The number of carbonyl (C=O) groups excluding carboxylic acids is 1. The number of anilines is 1. The van der Waals surface area contributed by atoms with E-state index in [9.17, 15) is 4.79 Å². The van der Waals surface area contributed by atoms with Crippen molar-refractivity contribution in [3.8, 4) is 0 Å². The average molecular weight is 247 g/mol. The first-order valence-corrected chi connectivity index (χ1v) is 5.48. The van der Waals surface area contributed by atoms with Gasteiger partial charge in [-0.1, -0.05) is 0 Å². The Morgan fingerprint density at radius 1 is 1.29 bits per heavy atom. The molecule has 0 fully saturated rings. The largest absolute Gasteiger partial charge is 0.397 e. The standard InChI is InChI=1S/C10H9N5OS/c11-6-1-2-7(9(12)16)15-10(6)17-8-5-13-3-4-14-8/h1-5H,11H2,(H2,12,16). The van der Waals surface area contributed by atoms with Crippen LogP contribution in [0.15, 0.2) is 40.8 Å². The molecule has 0 atom stereocenters. The summed E-state index contributed by atoms with van der Waals surface area (Å²) in [6.45, 7) is 0. The van der Waals surface area contributed by atoms with Gasteiger partial charge >= 0.3 is 0 Å². The third-order valence-corrected chi connectivity index (χ3v) is 2.82. The normalized spacial score (nSPS) is 10.1. The number of primary amides is 1. The number of nitrogens with zero attached hydrogens (tertiary/aromatic N) is 3. The molecule has 0 aliphatic rings. The highest BCUT2D eigenvalue weighted by Crippen LogP contribution is 2.28. The molecule has 0 bridgehead atoms. The van der Waals surface area contributed by atoms with Crippen molar-refractivity contribution < 1.29 is 4.79 Å². The average Bonchev–Trinajstić information content (AvgIpc) is 2.33. The summed E-state index contributed by atoms with van der Waals surface area (Å²) in [6.07, 6.45) is 4.72. The van der Waals surface area contributed by atoms with Gasteiger partial charge in [-0.2, -0.15) is 0 Å². The van der Waals surface area contributed by atoms with Gasteiger partial charge in [-0.05, 0) is 23.9 Å². The Labute approximate surface area is 101 Å². The Morgan fingerprint density at radius 2 is 2.12 bits per heavy atom. The van der Waals surface area contributed by atoms with Crippen molar-refractivity contribution in [1.82, 2.24) is 15.0 Å². The molecule has 0 aromatic carbocycles. The predicted octanol–water partition coefficient (Wildman–Crippen LogP) is 0.704. The van der Waals surface area contributed by atoms with Crippen LogP contribution >= 0.6 is 11.8 Å². The van der Waals surface area contributed by atoms with Crippen molar-refractivity contribution in [2.75, 3.05) is 5.73 Å². The summed E-state index contributed by atoms with van der Waals surface area (Å²) in [4.78, 5) is 23.1. The van der Waals surface area contributed by atoms with Crippen molar-refractivity contribution in [1.29, 1.82) is 0 Å². The lowest BCUT2D eigenvalue weighted by Crippen LogP contribution is -2.13. The fraction of sp³-hybridized carbons (Fsp3) is 0. The number of pyridine rings is 1. The number of hydrogen-bond acceptors (Lipinski definition) is 6. The minimum Gasteiger partial charge on any atom is -0.397 e. The van der Waals surface area contributed by atoms with Gasteiger partial charge < -0.3 is 11.5 Å². The van der Waals surface area contributed by atoms with Gasteiger partial charge in [-0.25, -0.2) is 9.97 Å². The molecule has 17 heavy (non-hydrogen) atoms. The first-order valence-electron chi connectivity index (χ1n) is 4.67. The Morgan fingerprint density at radius 3 is 2.76 bits per heavy atom. The van der Waals surface area contributed by atoms with Crippen LogP contribution < -0.4 is 11.5 Å². The number of aromatic nitrogens is 3. The monoisotopic (exact) mass is 247 g/mol. The molecule has 0 aliphatic carbocycles. The summed E-state index contributed by atoms with van der Waals surface area (Å²) in [5.74, 6) is -0.592. The van der Waals surface area contributed by atoms with Gasteiger partial charge in [0.25, 0.3) is 5.91 Å². The molecule has 2 rings (SSSR count). The van der Waals surface area contributed by atoms with E-state index in [4.69, 9.17) is 11.5 Å². The Hall–Kier alpha value is -2.15. The van der Waals surface area contributed by atoms with Gasteiger partial charge in [-0.3, -0.25) is 9.78 Å². The highest BCUT2D eigenvalue weighted by Gasteiger charge is 2.09. The lowest BCUT2D eigenvalue weighted by Gasteiger charge is -2.04. The molecule has 7 heteroatoms. The third kappa shape index (κ3) is 2.70. The van der Waals surface area contributed by atoms with Crippen LogP contribution in [0.1, 0.15) is 10.5 Å². The molecular weight excluding hydrogens is 238 g/mol. The minimum atomic E-state index is -0.592. The molecule has 2 aromatic heterocycles. The molecule has 0 saturated carbocycles. The summed E-state index contributed by atoms with van der Waals surface area (Å²) in [5, 5.41) is 1.13. The van der Waals surface area contributed by atoms with Crippen molar-refractivity contribution in [2.45, 2.75) is 10.1 Å². The van der Waals surface area contributed by atoms with Crippen molar-refractivity contribution >= 4 is 23.4 Å². The molecule has 4 N–H and O–H groups in total. The highest BCUT2D eigenvalue weighted by molar-refractivity contribution is 7.99. The zero-order valence-corrected chi connectivity index (χ0v) is 9.52. The molecule has 86 valence electrons. The van der Waals surface area contributed by atoms with E-state index in [-0.39, 0.29) is 5.69 Å². The number of amides is 1. The van der Waals surface area contributed by atoms with Crippen molar-refractivity contribution in [3.05, 3.63) is 36.4 Å². The van der Waals surface area contributed by atoms with Gasteiger partial charge in [0.1, 0.15) is 15.7 Å². The van der Waals surface area contributed by atoms with Crippen LogP contribution in [0.3, 0.4) is 0 Å². The zero-order chi connectivity index (χ0) is 12.3. The molecule has 2 heterocycles. The van der Waals surface area contributed by atoms with Gasteiger partial charge in [0.05, 0.1) is 11.9 Å². The van der Waals surface area contributed by atoms with Crippen LogP contribution in [0.4, 0.5) is 5.69 Å². The van der Waals surface area contributed by atoms with Crippen LogP contribution in [0.25, 0.3) is 0 Å². The summed E-state index contributed by atoms with van der Waals surface area (Å²) >= 11 is 1.23. The van der Waals surface area contributed by atoms with Gasteiger partial charge in [0, 0.05) is 12.4 Å². The molecule has 0 saturated heterocycles. The van der Waals surface area contributed by atoms with E-state index in [1.165, 1.54) is 17.8 Å². The first kappa shape index (κ1) is 11.3. The molecule has 6 nitrogen and oxygen atoms in total. The molecular formula is C10H9N5OS. The Bertz CT molecular complexity index is 546. The van der Waals surface area contributed by atoms with E-state index in [2.05, 4.69) is 15.0 Å². The second-order valence-corrected chi connectivity index (χ2v) is 4.11. The fourth-order valence-electron chi connectivity index (χ4n) is 1.11. The van der Waals surface area contributed by atoms with E-state index in [0.717, 1.165) is 0 Å². The third-order valence-electron chi connectivity index (χ3n) is 1.88. The molecule has 2 aromatic rings. The lowest BCUT2D eigenvalue weighted by atomic mass is 10.3. The van der Waals surface area contributed by atoms with Crippen molar-refractivity contribution in [2.24, 2.45) is 5.73 Å². The van der Waals surface area contributed by atoms with Crippen LogP contribution in [0.5, 0.6) is 0 Å². The SMILES string of the molecule is NC(=O)c1ccc(N)c(Sc2cnccn2)n1. The second kappa shape index (κ2) is 4.79. The van der Waals surface area contributed by atoms with E-state index in [0.29, 0.717) is 15.7 Å². The molecule has 1 amide bonds. The minimum absolute atomic E-state index is 0.172. The topological polar surface area (TPSA) is 108 Å². The summed E-state index contributed by atoms with van der Waals surface area (Å²) in [7, 11) is 0. The first-order chi connectivity index (χ1) is 8.16. The number of rotatable bonds is 3. The molecule has 0 radical (unpaired) electrons. The molecule has 0 unspecified atom stereocenters. The number of nitrogen functional groups attached to an aromatic ring is 1. The number of carbonyl (C=O) groups is 1. The maximum Gasteiger partial charge on any atom is 0.267 e. The van der Waals surface area contributed by atoms with E-state index >= 15 is 0 Å². The van der Waals surface area contributed by atoms with Crippen LogP contribution in [-0.2, 0) is 0 Å². The summed E-state index contributed by atoms with van der Waals surface area (Å²) in [5.41, 5.74) is 11.5. The van der Waals surface area contributed by atoms with Gasteiger partial charge in [0.2, 0.25) is 0 Å². The van der Waals surface area contributed by atoms with E-state index < -0.39 is 5.91 Å². The van der Waals surface area contributed by atoms with Crippen LogP contribution in [0, 0.1) is 0 Å². The van der Waals surface area contributed by atoms with Crippen molar-refractivity contribution in [3.63, 3.8) is 0 Å².